The summed E-state index contributed by atoms with van der Waals surface area (Å²) in [4.78, 5) is 15.2. The summed E-state index contributed by atoms with van der Waals surface area (Å²) < 4.78 is 0. The molecule has 0 unspecified atom stereocenters. The van der Waals surface area contributed by atoms with Gasteiger partial charge < -0.3 is 10.6 Å². The second kappa shape index (κ2) is 5.60. The fourth-order valence-electron chi connectivity index (χ4n) is 5.02. The first-order valence-corrected chi connectivity index (χ1v) is 9.19. The van der Waals surface area contributed by atoms with Crippen LogP contribution in [-0.2, 0) is 6.54 Å². The van der Waals surface area contributed by atoms with Crippen LogP contribution in [0.15, 0.2) is 54.6 Å². The first-order chi connectivity index (χ1) is 12.2. The van der Waals surface area contributed by atoms with E-state index in [0.29, 0.717) is 11.8 Å². The summed E-state index contributed by atoms with van der Waals surface area (Å²) in [5.74, 6) is 1.19. The highest BCUT2D eigenvalue weighted by Gasteiger charge is 2.54. The molecule has 2 heterocycles. The van der Waals surface area contributed by atoms with Crippen LogP contribution in [-0.4, -0.2) is 29.6 Å². The maximum Gasteiger partial charge on any atom is 0.255 e. The van der Waals surface area contributed by atoms with E-state index in [0.717, 1.165) is 37.3 Å². The Morgan fingerprint density at radius 1 is 1.00 bits per heavy atom. The van der Waals surface area contributed by atoms with Crippen molar-refractivity contribution in [2.24, 2.45) is 11.8 Å². The van der Waals surface area contributed by atoms with Gasteiger partial charge in [0.15, 0.2) is 0 Å². The standard InChI is InChI=1S/C21H23N3O/c25-20-17-8-4-5-9-19(17)22-21(23-20)11-10-16-13-24(14-18(16)21)12-15-6-2-1-3-7-15/h1-9,16,18,22H,10-14H2,(H,23,25)/t16-,18+,21+/m1/s1. The lowest BCUT2D eigenvalue weighted by atomic mass is 9.89. The Labute approximate surface area is 148 Å². The third kappa shape index (κ3) is 2.44. The monoisotopic (exact) mass is 333 g/mol. The Bertz CT molecular complexity index is 806. The van der Waals surface area contributed by atoms with Crippen LogP contribution in [0.25, 0.3) is 0 Å². The molecule has 4 heteroatoms. The molecule has 0 radical (unpaired) electrons. The fourth-order valence-corrected chi connectivity index (χ4v) is 5.02. The zero-order chi connectivity index (χ0) is 16.9. The molecule has 1 amide bonds. The molecule has 1 saturated carbocycles. The molecule has 0 aromatic heterocycles. The number of benzene rings is 2. The summed E-state index contributed by atoms with van der Waals surface area (Å²) in [5, 5.41) is 7.03. The number of carbonyl (C=O) groups is 1. The number of para-hydroxylation sites is 1. The third-order valence-corrected chi connectivity index (χ3v) is 6.17. The lowest BCUT2D eigenvalue weighted by Gasteiger charge is -2.42. The van der Waals surface area contributed by atoms with Gasteiger partial charge in [0.2, 0.25) is 0 Å². The molecule has 3 aliphatic rings. The van der Waals surface area contributed by atoms with Gasteiger partial charge in [-0.25, -0.2) is 0 Å². The number of amides is 1. The highest BCUT2D eigenvalue weighted by Crippen LogP contribution is 2.47. The van der Waals surface area contributed by atoms with Crippen LogP contribution in [0, 0.1) is 11.8 Å². The van der Waals surface area contributed by atoms with Crippen LogP contribution < -0.4 is 10.6 Å². The lowest BCUT2D eigenvalue weighted by molar-refractivity contribution is 0.0871. The molecule has 25 heavy (non-hydrogen) atoms. The van der Waals surface area contributed by atoms with Gasteiger partial charge in [-0.2, -0.15) is 0 Å². The first-order valence-electron chi connectivity index (χ1n) is 9.19. The molecule has 1 saturated heterocycles. The van der Waals surface area contributed by atoms with Gasteiger partial charge in [-0.1, -0.05) is 42.5 Å². The minimum atomic E-state index is -0.276. The third-order valence-electron chi connectivity index (χ3n) is 6.17. The van der Waals surface area contributed by atoms with Crippen LogP contribution in [0.2, 0.25) is 0 Å². The van der Waals surface area contributed by atoms with Crippen LogP contribution >= 0.6 is 0 Å². The average Bonchev–Trinajstić information content (AvgIpc) is 3.17. The average molecular weight is 333 g/mol. The quantitative estimate of drug-likeness (QED) is 0.888. The van der Waals surface area contributed by atoms with Crippen molar-refractivity contribution >= 4 is 11.6 Å². The number of likely N-dealkylation sites (tertiary alicyclic amines) is 1. The van der Waals surface area contributed by atoms with Gasteiger partial charge in [-0.05, 0) is 36.5 Å². The molecule has 3 atom stereocenters. The van der Waals surface area contributed by atoms with Crippen molar-refractivity contribution in [2.75, 3.05) is 18.4 Å². The summed E-state index contributed by atoms with van der Waals surface area (Å²) in [7, 11) is 0. The van der Waals surface area contributed by atoms with Gasteiger partial charge in [0, 0.05) is 31.2 Å². The Balaban J connectivity index is 1.38. The molecule has 2 fully saturated rings. The second-order valence-electron chi connectivity index (χ2n) is 7.68. The lowest BCUT2D eigenvalue weighted by Crippen LogP contribution is -2.61. The van der Waals surface area contributed by atoms with Gasteiger partial charge in [0.05, 0.1) is 5.56 Å². The van der Waals surface area contributed by atoms with E-state index in [2.05, 4.69) is 45.9 Å². The number of fused-ring (bicyclic) bond motifs is 3. The zero-order valence-electron chi connectivity index (χ0n) is 14.2. The van der Waals surface area contributed by atoms with E-state index in [1.54, 1.807) is 0 Å². The van der Waals surface area contributed by atoms with Gasteiger partial charge >= 0.3 is 0 Å². The minimum Gasteiger partial charge on any atom is -0.362 e. The second-order valence-corrected chi connectivity index (χ2v) is 7.68. The molecule has 2 N–H and O–H groups in total. The molecule has 4 nitrogen and oxygen atoms in total. The number of hydrogen-bond acceptors (Lipinski definition) is 3. The van der Waals surface area contributed by atoms with Crippen LogP contribution in [0.1, 0.15) is 28.8 Å². The molecule has 2 aromatic rings. The van der Waals surface area contributed by atoms with Crippen molar-refractivity contribution in [1.29, 1.82) is 0 Å². The predicted octanol–water partition coefficient (Wildman–Crippen LogP) is 3.08. The highest BCUT2D eigenvalue weighted by molar-refractivity contribution is 6.02. The van der Waals surface area contributed by atoms with Crippen LogP contribution in [0.3, 0.4) is 0 Å². The highest BCUT2D eigenvalue weighted by atomic mass is 16.2. The van der Waals surface area contributed by atoms with E-state index in [1.807, 2.05) is 24.3 Å². The number of anilines is 1. The number of nitrogens with one attached hydrogen (secondary N) is 2. The molecular formula is C21H23N3O. The summed E-state index contributed by atoms with van der Waals surface area (Å²) >= 11 is 0. The SMILES string of the molecule is O=C1N[C@]2(CC[C@@H]3CN(Cc4ccccc4)C[C@@H]32)Nc2ccccc21. The van der Waals surface area contributed by atoms with E-state index in [9.17, 15) is 4.79 Å². The van der Waals surface area contributed by atoms with Crippen LogP contribution in [0.5, 0.6) is 0 Å². The molecule has 2 aliphatic heterocycles. The Morgan fingerprint density at radius 2 is 1.80 bits per heavy atom. The number of nitrogens with zero attached hydrogens (tertiary/aromatic N) is 1. The number of carbonyl (C=O) groups excluding carboxylic acids is 1. The fraction of sp³-hybridized carbons (Fsp3) is 0.381. The molecule has 128 valence electrons. The predicted molar refractivity (Wildman–Crippen MR) is 98.2 cm³/mol. The van der Waals surface area contributed by atoms with E-state index in [1.165, 1.54) is 12.0 Å². The van der Waals surface area contributed by atoms with Crippen molar-refractivity contribution in [3.63, 3.8) is 0 Å². The van der Waals surface area contributed by atoms with Gasteiger partial charge in [0.25, 0.3) is 5.91 Å². The van der Waals surface area contributed by atoms with Gasteiger partial charge in [0.1, 0.15) is 5.66 Å². The summed E-state index contributed by atoms with van der Waals surface area (Å²) in [6.07, 6.45) is 2.19. The van der Waals surface area contributed by atoms with Crippen molar-refractivity contribution < 1.29 is 4.79 Å². The summed E-state index contributed by atoms with van der Waals surface area (Å²) in [5.41, 5.74) is 2.83. The Kier molecular flexibility index (Phi) is 3.35. The van der Waals surface area contributed by atoms with E-state index >= 15 is 0 Å². The number of rotatable bonds is 2. The molecule has 0 bridgehead atoms. The van der Waals surface area contributed by atoms with Crippen molar-refractivity contribution in [3.05, 3.63) is 65.7 Å². The van der Waals surface area contributed by atoms with E-state index < -0.39 is 0 Å². The number of hydrogen-bond donors (Lipinski definition) is 2. The normalized spacial score (nSPS) is 30.6. The van der Waals surface area contributed by atoms with Crippen molar-refractivity contribution in [3.8, 4) is 0 Å². The maximum absolute atomic E-state index is 12.6. The van der Waals surface area contributed by atoms with Gasteiger partial charge in [-0.3, -0.25) is 9.69 Å². The first kappa shape index (κ1) is 15.0. The molecule has 2 aromatic carbocycles. The van der Waals surface area contributed by atoms with E-state index in [-0.39, 0.29) is 11.6 Å². The van der Waals surface area contributed by atoms with E-state index in [4.69, 9.17) is 0 Å². The van der Waals surface area contributed by atoms with Crippen molar-refractivity contribution in [1.82, 2.24) is 10.2 Å². The topological polar surface area (TPSA) is 44.4 Å². The molecule has 5 rings (SSSR count). The maximum atomic E-state index is 12.6. The summed E-state index contributed by atoms with van der Waals surface area (Å²) in [6, 6.07) is 18.5. The molecule has 1 aliphatic carbocycles. The van der Waals surface area contributed by atoms with Crippen molar-refractivity contribution in [2.45, 2.75) is 25.0 Å². The largest absolute Gasteiger partial charge is 0.362 e. The zero-order valence-corrected chi connectivity index (χ0v) is 14.2. The Morgan fingerprint density at radius 3 is 2.68 bits per heavy atom. The molecule has 1 spiro atoms. The summed E-state index contributed by atoms with van der Waals surface area (Å²) in [6.45, 7) is 3.16. The minimum absolute atomic E-state index is 0.0662. The van der Waals surface area contributed by atoms with Crippen LogP contribution in [0.4, 0.5) is 5.69 Å². The van der Waals surface area contributed by atoms with Gasteiger partial charge in [-0.15, -0.1) is 0 Å². The smallest absolute Gasteiger partial charge is 0.255 e. The molecular weight excluding hydrogens is 310 g/mol. The Hall–Kier alpha value is -2.33.